The molecule has 0 radical (unpaired) electrons. The van der Waals surface area contributed by atoms with Gasteiger partial charge in [-0.25, -0.2) is 18.1 Å². The van der Waals surface area contributed by atoms with Crippen LogP contribution in [0.4, 0.5) is 0 Å². The Hall–Kier alpha value is -4.28. The Bertz CT molecular complexity index is 1780. The normalized spacial score (nSPS) is 11.5. The van der Waals surface area contributed by atoms with Crippen LogP contribution in [0.15, 0.2) is 94.7 Å². The third kappa shape index (κ3) is 4.76. The molecule has 0 atom stereocenters. The van der Waals surface area contributed by atoms with Gasteiger partial charge in [-0.15, -0.1) is 0 Å². The van der Waals surface area contributed by atoms with Gasteiger partial charge in [-0.1, -0.05) is 29.8 Å². The molecule has 9 nitrogen and oxygen atoms in total. The van der Waals surface area contributed by atoms with Crippen LogP contribution in [0, 0.1) is 0 Å². The van der Waals surface area contributed by atoms with Crippen molar-refractivity contribution >= 4 is 38.4 Å². The number of sulfone groups is 1. The van der Waals surface area contributed by atoms with E-state index in [1.807, 2.05) is 30.3 Å². The van der Waals surface area contributed by atoms with E-state index in [0.717, 1.165) is 12.6 Å². The van der Waals surface area contributed by atoms with Crippen LogP contribution < -0.4 is 5.56 Å². The molecular formula is C26H19ClN4O5S. The molecule has 3 aromatic carbocycles. The van der Waals surface area contributed by atoms with Gasteiger partial charge in [-0.2, -0.15) is 5.10 Å². The fourth-order valence-electron chi connectivity index (χ4n) is 3.79. The summed E-state index contributed by atoms with van der Waals surface area (Å²) in [6, 6.07) is 21.8. The molecule has 0 amide bonds. The fourth-order valence-corrected chi connectivity index (χ4v) is 4.92. The lowest BCUT2D eigenvalue weighted by Crippen LogP contribution is -2.22. The number of carbonyl (C=O) groups is 1. The highest BCUT2D eigenvalue weighted by atomic mass is 35.5. The van der Waals surface area contributed by atoms with E-state index in [0.29, 0.717) is 27.3 Å². The summed E-state index contributed by atoms with van der Waals surface area (Å²) >= 11 is 6.06. The first kappa shape index (κ1) is 24.4. The third-order valence-corrected chi connectivity index (χ3v) is 7.25. The summed E-state index contributed by atoms with van der Waals surface area (Å²) in [5, 5.41) is 5.20. The van der Waals surface area contributed by atoms with Crippen LogP contribution in [0.3, 0.4) is 0 Å². The van der Waals surface area contributed by atoms with Gasteiger partial charge in [0.05, 0.1) is 22.5 Å². The molecule has 2 heterocycles. The van der Waals surface area contributed by atoms with Crippen molar-refractivity contribution in [2.75, 3.05) is 5.94 Å². The lowest BCUT2D eigenvalue weighted by Gasteiger charge is -2.14. The highest BCUT2D eigenvalue weighted by Gasteiger charge is 2.20. The van der Waals surface area contributed by atoms with E-state index in [1.165, 1.54) is 22.9 Å². The second-order valence-corrected chi connectivity index (χ2v) is 10.4. The van der Waals surface area contributed by atoms with Gasteiger partial charge in [-0.05, 0) is 60.7 Å². The molecule has 0 fully saturated rings. The van der Waals surface area contributed by atoms with E-state index in [2.05, 4.69) is 9.84 Å². The molecule has 0 saturated carbocycles. The van der Waals surface area contributed by atoms with Crippen molar-refractivity contribution in [3.05, 3.63) is 100 Å². The molecule has 0 bridgehead atoms. The Labute approximate surface area is 216 Å². The number of aromatic nitrogens is 4. The van der Waals surface area contributed by atoms with Crippen molar-refractivity contribution in [3.8, 4) is 22.8 Å². The van der Waals surface area contributed by atoms with Crippen LogP contribution in [0.25, 0.3) is 33.8 Å². The van der Waals surface area contributed by atoms with Gasteiger partial charge < -0.3 is 4.74 Å². The number of rotatable bonds is 6. The van der Waals surface area contributed by atoms with Crippen LogP contribution >= 0.6 is 11.6 Å². The van der Waals surface area contributed by atoms with Crippen LogP contribution in [0.5, 0.6) is 0 Å². The fraction of sp³-hybridized carbons (Fsp3) is 0.0769. The van der Waals surface area contributed by atoms with Crippen molar-refractivity contribution in [2.24, 2.45) is 0 Å². The van der Waals surface area contributed by atoms with Gasteiger partial charge >= 0.3 is 5.97 Å². The maximum absolute atomic E-state index is 13.7. The zero-order valence-electron chi connectivity index (χ0n) is 19.4. The molecule has 0 unspecified atom stereocenters. The first-order chi connectivity index (χ1) is 17.7. The van der Waals surface area contributed by atoms with Crippen LogP contribution in [-0.2, 0) is 19.4 Å². The average Bonchev–Trinajstić information content (AvgIpc) is 3.33. The molecule has 0 aliphatic carbocycles. The van der Waals surface area contributed by atoms with Gasteiger partial charge in [0.15, 0.2) is 11.6 Å². The minimum atomic E-state index is -3.86. The lowest BCUT2D eigenvalue weighted by atomic mass is 10.2. The van der Waals surface area contributed by atoms with Gasteiger partial charge in [0.2, 0.25) is 9.84 Å². The molecule has 5 rings (SSSR count). The predicted molar refractivity (Wildman–Crippen MR) is 139 cm³/mol. The number of hydrogen-bond acceptors (Lipinski definition) is 7. The standard InChI is InChI=1S/C26H19ClN4O5S/c1-17(32)36-16-37(34,35)22-13-7-18(8-14-22)24-29-25-23(15-28-31(25)21-5-3-2-4-6-21)26(33)30(24)20-11-9-19(27)10-12-20/h2-15H,16H2,1H3. The van der Waals surface area contributed by atoms with Gasteiger partial charge in [0, 0.05) is 17.5 Å². The molecule has 11 heteroatoms. The van der Waals surface area contributed by atoms with E-state index in [9.17, 15) is 18.0 Å². The topological polar surface area (TPSA) is 113 Å². The van der Waals surface area contributed by atoms with Crippen LogP contribution in [0.1, 0.15) is 6.92 Å². The number of carbonyl (C=O) groups excluding carboxylic acids is 1. The average molecular weight is 535 g/mol. The zero-order valence-corrected chi connectivity index (χ0v) is 21.0. The molecule has 0 N–H and O–H groups in total. The van der Waals surface area contributed by atoms with Crippen LogP contribution in [-0.4, -0.2) is 39.7 Å². The summed E-state index contributed by atoms with van der Waals surface area (Å²) in [7, 11) is -3.86. The van der Waals surface area contributed by atoms with Crippen molar-refractivity contribution in [1.82, 2.24) is 19.3 Å². The highest BCUT2D eigenvalue weighted by Crippen LogP contribution is 2.26. The van der Waals surface area contributed by atoms with E-state index < -0.39 is 21.7 Å². The molecule has 0 spiro atoms. The summed E-state index contributed by atoms with van der Waals surface area (Å²) in [4.78, 5) is 29.5. The quantitative estimate of drug-likeness (QED) is 0.300. The Kier molecular flexibility index (Phi) is 6.36. The third-order valence-electron chi connectivity index (χ3n) is 5.58. The van der Waals surface area contributed by atoms with Gasteiger partial charge in [-0.3, -0.25) is 14.2 Å². The number of halogens is 1. The summed E-state index contributed by atoms with van der Waals surface area (Å²) in [6.07, 6.45) is 1.47. The van der Waals surface area contributed by atoms with Gasteiger partial charge in [0.1, 0.15) is 11.2 Å². The Morgan fingerprint density at radius 1 is 0.946 bits per heavy atom. The molecule has 37 heavy (non-hydrogen) atoms. The Morgan fingerprint density at radius 3 is 2.27 bits per heavy atom. The van der Waals surface area contributed by atoms with Crippen molar-refractivity contribution < 1.29 is 17.9 Å². The van der Waals surface area contributed by atoms with Crippen molar-refractivity contribution in [3.63, 3.8) is 0 Å². The number of hydrogen-bond donors (Lipinski definition) is 0. The van der Waals surface area contributed by atoms with E-state index in [1.54, 1.807) is 41.1 Å². The summed E-state index contributed by atoms with van der Waals surface area (Å²) in [5.41, 5.74) is 1.74. The zero-order chi connectivity index (χ0) is 26.2. The molecular weight excluding hydrogens is 516 g/mol. The number of fused-ring (bicyclic) bond motifs is 1. The minimum absolute atomic E-state index is 0.0340. The summed E-state index contributed by atoms with van der Waals surface area (Å²) < 4.78 is 32.7. The number of nitrogens with zero attached hydrogens (tertiary/aromatic N) is 4. The first-order valence-electron chi connectivity index (χ1n) is 11.0. The van der Waals surface area contributed by atoms with E-state index >= 15 is 0 Å². The summed E-state index contributed by atoms with van der Waals surface area (Å²) in [6.45, 7) is 1.14. The second kappa shape index (κ2) is 9.64. The highest BCUT2D eigenvalue weighted by molar-refractivity contribution is 7.91. The summed E-state index contributed by atoms with van der Waals surface area (Å²) in [5.74, 6) is -1.18. The Balaban J connectivity index is 1.70. The molecule has 0 aliphatic heterocycles. The molecule has 0 saturated heterocycles. The number of esters is 1. The number of benzene rings is 3. The largest absolute Gasteiger partial charge is 0.449 e. The number of para-hydroxylation sites is 1. The van der Waals surface area contributed by atoms with Crippen molar-refractivity contribution in [2.45, 2.75) is 11.8 Å². The minimum Gasteiger partial charge on any atom is -0.449 e. The first-order valence-corrected chi connectivity index (χ1v) is 13.1. The molecule has 2 aromatic heterocycles. The maximum Gasteiger partial charge on any atom is 0.303 e. The Morgan fingerprint density at radius 2 is 1.62 bits per heavy atom. The number of ether oxygens (including phenoxy) is 1. The smallest absolute Gasteiger partial charge is 0.303 e. The monoisotopic (exact) mass is 534 g/mol. The second-order valence-electron chi connectivity index (χ2n) is 8.07. The van der Waals surface area contributed by atoms with E-state index in [4.69, 9.17) is 16.6 Å². The predicted octanol–water partition coefficient (Wildman–Crippen LogP) is 4.19. The lowest BCUT2D eigenvalue weighted by molar-refractivity contribution is -0.138. The SMILES string of the molecule is CC(=O)OCS(=O)(=O)c1ccc(-c2nc3c(cnn3-c3ccccc3)c(=O)n2-c2ccc(Cl)cc2)cc1. The molecule has 0 aliphatic rings. The van der Waals surface area contributed by atoms with Crippen molar-refractivity contribution in [1.29, 1.82) is 0 Å². The van der Waals surface area contributed by atoms with E-state index in [-0.39, 0.29) is 16.3 Å². The maximum atomic E-state index is 13.7. The van der Waals surface area contributed by atoms with Crippen LogP contribution in [0.2, 0.25) is 5.02 Å². The molecule has 5 aromatic rings. The van der Waals surface area contributed by atoms with Gasteiger partial charge in [0.25, 0.3) is 5.56 Å². The molecule has 186 valence electrons.